The van der Waals surface area contributed by atoms with Gasteiger partial charge in [0.15, 0.2) is 0 Å². The van der Waals surface area contributed by atoms with Crippen LogP contribution in [0.2, 0.25) is 0 Å². The van der Waals surface area contributed by atoms with E-state index in [2.05, 4.69) is 15.8 Å². The number of carbonyl (C=O) groups is 1. The van der Waals surface area contributed by atoms with Crippen molar-refractivity contribution >= 4 is 17.4 Å². The second-order valence-corrected chi connectivity index (χ2v) is 3.41. The van der Waals surface area contributed by atoms with Crippen LogP contribution in [0.15, 0.2) is 48.7 Å². The Kier molecular flexibility index (Phi) is 3.20. The van der Waals surface area contributed by atoms with Crippen LogP contribution in [0.3, 0.4) is 0 Å². The van der Waals surface area contributed by atoms with E-state index in [0.717, 1.165) is 5.69 Å². The van der Waals surface area contributed by atoms with Gasteiger partial charge in [0.25, 0.3) is 0 Å². The number of nitrogens with one attached hydrogen (secondary N) is 2. The second kappa shape index (κ2) is 4.98. The molecule has 5 heteroatoms. The van der Waals surface area contributed by atoms with E-state index in [0.29, 0.717) is 11.4 Å². The van der Waals surface area contributed by atoms with Gasteiger partial charge in [0.05, 0.1) is 5.69 Å². The number of nitrogens with zero attached hydrogens (tertiary/aromatic N) is 1. The molecule has 5 nitrogen and oxygen atoms in total. The van der Waals surface area contributed by atoms with Crippen molar-refractivity contribution in [3.05, 3.63) is 54.2 Å². The molecule has 1 aromatic carbocycles. The molecule has 86 valence electrons. The summed E-state index contributed by atoms with van der Waals surface area (Å²) in [5.74, 6) is 0.0558. The summed E-state index contributed by atoms with van der Waals surface area (Å²) in [4.78, 5) is 15.0. The van der Waals surface area contributed by atoms with Gasteiger partial charge in [-0.3, -0.25) is 15.6 Å². The molecule has 0 saturated heterocycles. The van der Waals surface area contributed by atoms with E-state index in [9.17, 15) is 4.79 Å². The maximum Gasteiger partial charge on any atom is 0.248 e. The molecule has 0 radical (unpaired) electrons. The van der Waals surface area contributed by atoms with Crippen molar-refractivity contribution in [2.45, 2.75) is 0 Å². The quantitative estimate of drug-likeness (QED) is 0.695. The van der Waals surface area contributed by atoms with Gasteiger partial charge < -0.3 is 5.73 Å². The number of rotatable bonds is 4. The van der Waals surface area contributed by atoms with Crippen LogP contribution in [-0.2, 0) is 0 Å². The Morgan fingerprint density at radius 3 is 2.59 bits per heavy atom. The van der Waals surface area contributed by atoms with E-state index in [1.54, 1.807) is 12.1 Å². The average molecular weight is 228 g/mol. The summed E-state index contributed by atoms with van der Waals surface area (Å²) >= 11 is 0. The van der Waals surface area contributed by atoms with Crippen LogP contribution in [0.1, 0.15) is 10.4 Å². The fourth-order valence-electron chi connectivity index (χ4n) is 1.31. The highest BCUT2D eigenvalue weighted by atomic mass is 16.1. The predicted octanol–water partition coefficient (Wildman–Crippen LogP) is 1.62. The minimum atomic E-state index is -0.477. The van der Waals surface area contributed by atoms with E-state index in [1.165, 1.54) is 6.20 Å². The molecule has 0 aliphatic rings. The maximum absolute atomic E-state index is 11.0. The predicted molar refractivity (Wildman–Crippen MR) is 66.4 cm³/mol. The highest BCUT2D eigenvalue weighted by Crippen LogP contribution is 2.08. The SMILES string of the molecule is NC(=O)c1ccnc(NNc2ccccc2)c1. The third-order valence-electron chi connectivity index (χ3n) is 2.15. The molecule has 1 heterocycles. The molecule has 2 rings (SSSR count). The summed E-state index contributed by atoms with van der Waals surface area (Å²) in [6, 6.07) is 12.7. The van der Waals surface area contributed by atoms with Crippen molar-refractivity contribution in [3.63, 3.8) is 0 Å². The molecule has 0 atom stereocenters. The van der Waals surface area contributed by atoms with Crippen molar-refractivity contribution in [2.24, 2.45) is 5.73 Å². The number of hydrogen-bond acceptors (Lipinski definition) is 4. The fourth-order valence-corrected chi connectivity index (χ4v) is 1.31. The van der Waals surface area contributed by atoms with Gasteiger partial charge >= 0.3 is 0 Å². The Labute approximate surface area is 98.6 Å². The normalized spacial score (nSPS) is 9.65. The summed E-state index contributed by atoms with van der Waals surface area (Å²) in [5.41, 5.74) is 12.3. The summed E-state index contributed by atoms with van der Waals surface area (Å²) < 4.78 is 0. The Morgan fingerprint density at radius 2 is 1.88 bits per heavy atom. The Hall–Kier alpha value is -2.56. The number of pyridine rings is 1. The first-order chi connectivity index (χ1) is 8.25. The molecular weight excluding hydrogens is 216 g/mol. The van der Waals surface area contributed by atoms with Gasteiger partial charge in [-0.25, -0.2) is 4.98 Å². The molecule has 4 N–H and O–H groups in total. The van der Waals surface area contributed by atoms with Crippen LogP contribution in [0.25, 0.3) is 0 Å². The molecule has 0 bridgehead atoms. The zero-order valence-corrected chi connectivity index (χ0v) is 9.05. The summed E-state index contributed by atoms with van der Waals surface area (Å²) in [6.07, 6.45) is 1.52. The van der Waals surface area contributed by atoms with E-state index in [4.69, 9.17) is 5.73 Å². The van der Waals surface area contributed by atoms with Gasteiger partial charge in [0.2, 0.25) is 5.91 Å². The average Bonchev–Trinajstić information content (AvgIpc) is 2.38. The Bertz CT molecular complexity index is 513. The molecule has 17 heavy (non-hydrogen) atoms. The zero-order chi connectivity index (χ0) is 12.1. The van der Waals surface area contributed by atoms with Crippen molar-refractivity contribution in [1.82, 2.24) is 4.98 Å². The van der Waals surface area contributed by atoms with E-state index >= 15 is 0 Å². The molecular formula is C12H12N4O. The Balaban J connectivity index is 2.04. The molecule has 0 aliphatic carbocycles. The van der Waals surface area contributed by atoms with Crippen molar-refractivity contribution in [2.75, 3.05) is 10.9 Å². The Morgan fingerprint density at radius 1 is 1.12 bits per heavy atom. The third kappa shape index (κ3) is 2.94. The number of anilines is 2. The molecule has 0 unspecified atom stereocenters. The highest BCUT2D eigenvalue weighted by Gasteiger charge is 2.01. The number of hydrogen-bond donors (Lipinski definition) is 3. The summed E-state index contributed by atoms with van der Waals surface area (Å²) in [6.45, 7) is 0. The van der Waals surface area contributed by atoms with Crippen molar-refractivity contribution < 1.29 is 4.79 Å². The fraction of sp³-hybridized carbons (Fsp3) is 0. The topological polar surface area (TPSA) is 80.0 Å². The lowest BCUT2D eigenvalue weighted by atomic mass is 10.2. The first-order valence-electron chi connectivity index (χ1n) is 5.08. The van der Waals surface area contributed by atoms with Gasteiger partial charge in [-0.2, -0.15) is 0 Å². The van der Waals surface area contributed by atoms with E-state index < -0.39 is 5.91 Å². The number of carbonyl (C=O) groups excluding carboxylic acids is 1. The number of hydrazine groups is 1. The lowest BCUT2D eigenvalue weighted by Crippen LogP contribution is -2.14. The molecule has 2 aromatic rings. The van der Waals surface area contributed by atoms with Crippen molar-refractivity contribution in [3.8, 4) is 0 Å². The molecule has 1 amide bonds. The molecule has 0 fully saturated rings. The molecule has 0 spiro atoms. The zero-order valence-electron chi connectivity index (χ0n) is 9.05. The van der Waals surface area contributed by atoms with Crippen LogP contribution < -0.4 is 16.6 Å². The lowest BCUT2D eigenvalue weighted by molar-refractivity contribution is 0.1000. The summed E-state index contributed by atoms with van der Waals surface area (Å²) in [5, 5.41) is 0. The van der Waals surface area contributed by atoms with Crippen LogP contribution in [0.4, 0.5) is 11.5 Å². The van der Waals surface area contributed by atoms with Gasteiger partial charge in [-0.1, -0.05) is 18.2 Å². The van der Waals surface area contributed by atoms with Crippen LogP contribution in [-0.4, -0.2) is 10.9 Å². The first kappa shape index (κ1) is 10.9. The molecule has 0 aliphatic heterocycles. The van der Waals surface area contributed by atoms with Gasteiger partial charge in [-0.05, 0) is 24.3 Å². The number of benzene rings is 1. The highest BCUT2D eigenvalue weighted by molar-refractivity contribution is 5.93. The first-order valence-corrected chi connectivity index (χ1v) is 5.08. The van der Waals surface area contributed by atoms with Gasteiger partial charge in [0.1, 0.15) is 5.82 Å². The lowest BCUT2D eigenvalue weighted by Gasteiger charge is -2.08. The van der Waals surface area contributed by atoms with Crippen LogP contribution in [0.5, 0.6) is 0 Å². The third-order valence-corrected chi connectivity index (χ3v) is 2.15. The minimum Gasteiger partial charge on any atom is -0.366 e. The maximum atomic E-state index is 11.0. The van der Waals surface area contributed by atoms with E-state index in [1.807, 2.05) is 30.3 Å². The number of primary amides is 1. The van der Waals surface area contributed by atoms with Gasteiger partial charge in [0, 0.05) is 11.8 Å². The van der Waals surface area contributed by atoms with Gasteiger partial charge in [-0.15, -0.1) is 0 Å². The summed E-state index contributed by atoms with van der Waals surface area (Å²) in [7, 11) is 0. The number of aromatic nitrogens is 1. The standard InChI is InChI=1S/C12H12N4O/c13-12(17)9-6-7-14-11(8-9)16-15-10-4-2-1-3-5-10/h1-8,15H,(H2,13,17)(H,14,16). The van der Waals surface area contributed by atoms with E-state index in [-0.39, 0.29) is 0 Å². The molecule has 0 saturated carbocycles. The smallest absolute Gasteiger partial charge is 0.248 e. The largest absolute Gasteiger partial charge is 0.366 e. The van der Waals surface area contributed by atoms with Crippen LogP contribution >= 0.6 is 0 Å². The van der Waals surface area contributed by atoms with Crippen LogP contribution in [0, 0.1) is 0 Å². The number of para-hydroxylation sites is 1. The number of nitrogens with two attached hydrogens (primary N) is 1. The monoisotopic (exact) mass is 228 g/mol. The number of amides is 1. The minimum absolute atomic E-state index is 0.414. The second-order valence-electron chi connectivity index (χ2n) is 3.41. The molecule has 1 aromatic heterocycles. The van der Waals surface area contributed by atoms with Crippen molar-refractivity contribution in [1.29, 1.82) is 0 Å².